The Morgan fingerprint density at radius 1 is 0.962 bits per heavy atom. The maximum Gasteiger partial charge on any atom is 0.141 e. The largest absolute Gasteiger partial charge is 0.355 e. The quantitative estimate of drug-likeness (QED) is 0.527. The highest BCUT2D eigenvalue weighted by Crippen LogP contribution is 2.39. The molecule has 0 fully saturated rings. The van der Waals surface area contributed by atoms with Crippen LogP contribution < -0.4 is 4.90 Å². The fourth-order valence-electron chi connectivity index (χ4n) is 3.54. The maximum absolute atomic E-state index is 4.74. The van der Waals surface area contributed by atoms with E-state index < -0.39 is 0 Å². The van der Waals surface area contributed by atoms with Crippen LogP contribution >= 0.6 is 11.3 Å². The van der Waals surface area contributed by atoms with Crippen molar-refractivity contribution in [1.82, 2.24) is 9.97 Å². The molecule has 0 unspecified atom stereocenters. The Morgan fingerprint density at radius 3 is 2.27 bits per heavy atom. The lowest BCUT2D eigenvalue weighted by Crippen LogP contribution is -2.32. The number of benzene rings is 1. The highest BCUT2D eigenvalue weighted by molar-refractivity contribution is 7.17. The Morgan fingerprint density at radius 2 is 1.65 bits per heavy atom. The summed E-state index contributed by atoms with van der Waals surface area (Å²) in [6.07, 6.45) is 1.72. The zero-order valence-electron chi connectivity index (χ0n) is 16.7. The SMILES string of the molecule is Cc1ccc(-c2csc3ncnc(N(CC(C)C)CC(C)C)c23)c(C)c1. The van der Waals surface area contributed by atoms with Gasteiger partial charge in [0.2, 0.25) is 0 Å². The molecule has 0 radical (unpaired) electrons. The second-order valence-corrected chi connectivity index (χ2v) is 8.90. The molecule has 2 aromatic heterocycles. The number of aromatic nitrogens is 2. The van der Waals surface area contributed by atoms with Crippen molar-refractivity contribution in [2.24, 2.45) is 11.8 Å². The summed E-state index contributed by atoms with van der Waals surface area (Å²) in [5, 5.41) is 3.44. The zero-order valence-corrected chi connectivity index (χ0v) is 17.5. The molecule has 0 saturated carbocycles. The molecule has 0 spiro atoms. The van der Waals surface area contributed by atoms with E-state index in [1.54, 1.807) is 17.7 Å². The molecule has 0 saturated heterocycles. The molecule has 0 amide bonds. The first kappa shape index (κ1) is 18.8. The van der Waals surface area contributed by atoms with Gasteiger partial charge in [0, 0.05) is 24.0 Å². The molecular formula is C22H29N3S. The van der Waals surface area contributed by atoms with Gasteiger partial charge >= 0.3 is 0 Å². The number of thiophene rings is 1. The normalized spacial score (nSPS) is 11.7. The van der Waals surface area contributed by atoms with Gasteiger partial charge in [0.05, 0.1) is 5.39 Å². The fraction of sp³-hybridized carbons (Fsp3) is 0.455. The number of hydrogen-bond acceptors (Lipinski definition) is 4. The number of rotatable bonds is 6. The van der Waals surface area contributed by atoms with Crippen molar-refractivity contribution in [3.8, 4) is 11.1 Å². The number of hydrogen-bond donors (Lipinski definition) is 0. The Hall–Kier alpha value is -1.94. The van der Waals surface area contributed by atoms with E-state index in [0.29, 0.717) is 11.8 Å². The van der Waals surface area contributed by atoms with Crippen LogP contribution in [-0.4, -0.2) is 23.1 Å². The first-order valence-electron chi connectivity index (χ1n) is 9.41. The second kappa shape index (κ2) is 7.75. The van der Waals surface area contributed by atoms with Gasteiger partial charge in [-0.05, 0) is 36.8 Å². The lowest BCUT2D eigenvalue weighted by atomic mass is 9.98. The molecule has 0 atom stereocenters. The highest BCUT2D eigenvalue weighted by Gasteiger charge is 2.20. The van der Waals surface area contributed by atoms with Gasteiger partial charge in [-0.2, -0.15) is 0 Å². The van der Waals surface area contributed by atoms with Crippen molar-refractivity contribution in [3.05, 3.63) is 41.0 Å². The zero-order chi connectivity index (χ0) is 18.8. The minimum Gasteiger partial charge on any atom is -0.355 e. The molecule has 3 aromatic rings. The van der Waals surface area contributed by atoms with Crippen LogP contribution in [0.25, 0.3) is 21.3 Å². The van der Waals surface area contributed by atoms with Crippen LogP contribution in [0.15, 0.2) is 29.9 Å². The minimum atomic E-state index is 0.585. The monoisotopic (exact) mass is 367 g/mol. The molecule has 3 nitrogen and oxygen atoms in total. The molecule has 1 aromatic carbocycles. The van der Waals surface area contributed by atoms with Crippen LogP contribution in [0.2, 0.25) is 0 Å². The molecule has 2 heterocycles. The van der Waals surface area contributed by atoms with Crippen LogP contribution in [0.4, 0.5) is 5.82 Å². The third-order valence-electron chi connectivity index (χ3n) is 4.49. The third-order valence-corrected chi connectivity index (χ3v) is 5.38. The second-order valence-electron chi connectivity index (χ2n) is 8.04. The average Bonchev–Trinajstić information content (AvgIpc) is 2.97. The van der Waals surface area contributed by atoms with Gasteiger partial charge in [-0.15, -0.1) is 11.3 Å². The van der Waals surface area contributed by atoms with E-state index in [9.17, 15) is 0 Å². The standard InChI is InChI=1S/C22H29N3S/c1-14(2)10-25(11-15(3)4)21-20-19(12-26-22(20)24-13-23-21)18-8-7-16(5)9-17(18)6/h7-9,12-15H,10-11H2,1-6H3. The number of anilines is 1. The third kappa shape index (κ3) is 3.90. The molecule has 138 valence electrons. The van der Waals surface area contributed by atoms with E-state index in [1.165, 1.54) is 27.6 Å². The first-order valence-corrected chi connectivity index (χ1v) is 10.3. The van der Waals surface area contributed by atoms with Gasteiger partial charge in [-0.1, -0.05) is 51.5 Å². The molecule has 0 N–H and O–H groups in total. The lowest BCUT2D eigenvalue weighted by Gasteiger charge is -2.28. The van der Waals surface area contributed by atoms with Gasteiger partial charge < -0.3 is 4.90 Å². The van der Waals surface area contributed by atoms with Crippen LogP contribution in [0.3, 0.4) is 0 Å². The fourth-order valence-corrected chi connectivity index (χ4v) is 4.44. The van der Waals surface area contributed by atoms with Crippen LogP contribution in [-0.2, 0) is 0 Å². The topological polar surface area (TPSA) is 29.0 Å². The Kier molecular flexibility index (Phi) is 5.61. The van der Waals surface area contributed by atoms with E-state index in [2.05, 4.69) is 75.0 Å². The maximum atomic E-state index is 4.74. The lowest BCUT2D eigenvalue weighted by molar-refractivity contribution is 0.550. The van der Waals surface area contributed by atoms with Gasteiger partial charge in [0.1, 0.15) is 17.0 Å². The van der Waals surface area contributed by atoms with Crippen molar-refractivity contribution >= 4 is 27.4 Å². The van der Waals surface area contributed by atoms with Gasteiger partial charge in [-0.25, -0.2) is 9.97 Å². The molecular weight excluding hydrogens is 338 g/mol. The van der Waals surface area contributed by atoms with Gasteiger partial charge in [0.15, 0.2) is 0 Å². The Bertz CT molecular complexity index is 886. The molecule has 26 heavy (non-hydrogen) atoms. The number of fused-ring (bicyclic) bond motifs is 1. The molecule has 0 aliphatic rings. The average molecular weight is 368 g/mol. The van der Waals surface area contributed by atoms with Crippen LogP contribution in [0, 0.1) is 25.7 Å². The Labute approximate surface area is 161 Å². The molecule has 3 rings (SSSR count). The van der Waals surface area contributed by atoms with E-state index in [1.807, 2.05) is 0 Å². The minimum absolute atomic E-state index is 0.585. The summed E-state index contributed by atoms with van der Waals surface area (Å²) in [5.41, 5.74) is 5.14. The number of aryl methyl sites for hydroxylation is 2. The van der Waals surface area contributed by atoms with E-state index >= 15 is 0 Å². The summed E-state index contributed by atoms with van der Waals surface area (Å²) >= 11 is 1.71. The molecule has 0 aliphatic heterocycles. The smallest absolute Gasteiger partial charge is 0.141 e. The van der Waals surface area contributed by atoms with E-state index in [0.717, 1.165) is 23.7 Å². The Balaban J connectivity index is 2.18. The summed E-state index contributed by atoms with van der Waals surface area (Å²) in [7, 11) is 0. The van der Waals surface area contributed by atoms with Crippen molar-refractivity contribution in [2.45, 2.75) is 41.5 Å². The summed E-state index contributed by atoms with van der Waals surface area (Å²) in [4.78, 5) is 12.8. The number of nitrogens with zero attached hydrogens (tertiary/aromatic N) is 3. The van der Waals surface area contributed by atoms with Crippen molar-refractivity contribution < 1.29 is 0 Å². The predicted octanol–water partition coefficient (Wildman–Crippen LogP) is 6.09. The summed E-state index contributed by atoms with van der Waals surface area (Å²) in [6.45, 7) is 15.4. The van der Waals surface area contributed by atoms with Crippen LogP contribution in [0.1, 0.15) is 38.8 Å². The van der Waals surface area contributed by atoms with E-state index in [4.69, 9.17) is 4.98 Å². The van der Waals surface area contributed by atoms with Gasteiger partial charge in [0.25, 0.3) is 0 Å². The first-order chi connectivity index (χ1) is 12.4. The van der Waals surface area contributed by atoms with Crippen LogP contribution in [0.5, 0.6) is 0 Å². The highest BCUT2D eigenvalue weighted by atomic mass is 32.1. The van der Waals surface area contributed by atoms with Crippen molar-refractivity contribution in [2.75, 3.05) is 18.0 Å². The predicted molar refractivity (Wildman–Crippen MR) is 114 cm³/mol. The molecule has 0 aliphatic carbocycles. The van der Waals surface area contributed by atoms with Crippen molar-refractivity contribution in [3.63, 3.8) is 0 Å². The van der Waals surface area contributed by atoms with Gasteiger partial charge in [-0.3, -0.25) is 0 Å². The summed E-state index contributed by atoms with van der Waals surface area (Å²) < 4.78 is 0. The van der Waals surface area contributed by atoms with Crippen molar-refractivity contribution in [1.29, 1.82) is 0 Å². The molecule has 0 bridgehead atoms. The summed E-state index contributed by atoms with van der Waals surface area (Å²) in [5.74, 6) is 2.25. The van der Waals surface area contributed by atoms with E-state index in [-0.39, 0.29) is 0 Å². The summed E-state index contributed by atoms with van der Waals surface area (Å²) in [6, 6.07) is 6.68. The molecule has 4 heteroatoms.